The third kappa shape index (κ3) is 2.15. The van der Waals surface area contributed by atoms with Crippen molar-refractivity contribution in [1.82, 2.24) is 5.16 Å². The summed E-state index contributed by atoms with van der Waals surface area (Å²) in [5.41, 5.74) is 0.151. The Labute approximate surface area is 120 Å². The van der Waals surface area contributed by atoms with Crippen molar-refractivity contribution in [3.05, 3.63) is 11.8 Å². The van der Waals surface area contributed by atoms with Crippen molar-refractivity contribution < 1.29 is 9.32 Å². The molecule has 0 radical (unpaired) electrons. The molecule has 2 aliphatic rings. The Bertz CT molecular complexity index is 488. The normalized spacial score (nSPS) is 26.2. The molecule has 1 saturated heterocycles. The summed E-state index contributed by atoms with van der Waals surface area (Å²) in [6.07, 6.45) is 8.23. The van der Waals surface area contributed by atoms with Gasteiger partial charge in [-0.1, -0.05) is 38.3 Å². The first kappa shape index (κ1) is 13.7. The van der Waals surface area contributed by atoms with E-state index in [1.807, 2.05) is 13.0 Å². The first-order valence-corrected chi connectivity index (χ1v) is 7.95. The minimum absolute atomic E-state index is 0.116. The number of aromatic nitrogens is 1. The summed E-state index contributed by atoms with van der Waals surface area (Å²) in [6.45, 7) is 4.99. The topological polar surface area (TPSA) is 46.3 Å². The van der Waals surface area contributed by atoms with Crippen LogP contribution in [0.1, 0.15) is 64.6 Å². The highest BCUT2D eigenvalue weighted by molar-refractivity contribution is 5.96. The molecule has 1 atom stereocenters. The zero-order valence-electron chi connectivity index (χ0n) is 12.5. The molecule has 1 aliphatic heterocycles. The molecule has 0 bridgehead atoms. The molecule has 1 aromatic rings. The summed E-state index contributed by atoms with van der Waals surface area (Å²) < 4.78 is 5.65. The minimum atomic E-state index is 0.116. The van der Waals surface area contributed by atoms with E-state index in [0.717, 1.165) is 25.1 Å². The van der Waals surface area contributed by atoms with Gasteiger partial charge in [-0.2, -0.15) is 0 Å². The third-order valence-corrected chi connectivity index (χ3v) is 5.26. The van der Waals surface area contributed by atoms with Gasteiger partial charge in [0, 0.05) is 23.9 Å². The maximum absolute atomic E-state index is 12.1. The number of carbonyl (C=O) groups is 1. The lowest BCUT2D eigenvalue weighted by atomic mass is 9.70. The number of nitrogens with zero attached hydrogens (tertiary/aromatic N) is 2. The summed E-state index contributed by atoms with van der Waals surface area (Å²) in [6, 6.07) is 2.02. The second-order valence-corrected chi connectivity index (χ2v) is 6.42. The molecule has 1 saturated carbocycles. The predicted molar refractivity (Wildman–Crippen MR) is 77.7 cm³/mol. The maximum Gasteiger partial charge on any atom is 0.231 e. The number of carbonyl (C=O) groups excluding carboxylic acids is 1. The third-order valence-electron chi connectivity index (χ3n) is 5.26. The molecule has 2 fully saturated rings. The van der Waals surface area contributed by atoms with Gasteiger partial charge in [0.1, 0.15) is 5.76 Å². The van der Waals surface area contributed by atoms with Crippen LogP contribution in [0.15, 0.2) is 10.6 Å². The first-order chi connectivity index (χ1) is 9.66. The van der Waals surface area contributed by atoms with Crippen LogP contribution in [0.3, 0.4) is 0 Å². The van der Waals surface area contributed by atoms with Gasteiger partial charge in [-0.25, -0.2) is 0 Å². The monoisotopic (exact) mass is 276 g/mol. The van der Waals surface area contributed by atoms with Crippen molar-refractivity contribution in [1.29, 1.82) is 0 Å². The molecule has 110 valence electrons. The number of hydrogen-bond donors (Lipinski definition) is 0. The van der Waals surface area contributed by atoms with Crippen LogP contribution in [0.4, 0.5) is 5.82 Å². The van der Waals surface area contributed by atoms with Crippen molar-refractivity contribution in [2.24, 2.45) is 5.92 Å². The largest absolute Gasteiger partial charge is 0.359 e. The fourth-order valence-electron chi connectivity index (χ4n) is 3.70. The lowest BCUT2D eigenvalue weighted by Gasteiger charge is -2.33. The SMILES string of the molecule is CCC1(c2cc(N3CCC(C)C3=O)no2)CCCCC1. The quantitative estimate of drug-likeness (QED) is 0.846. The molecular formula is C16H24N2O2. The van der Waals surface area contributed by atoms with Gasteiger partial charge in [0.25, 0.3) is 0 Å². The Hall–Kier alpha value is -1.32. The number of anilines is 1. The van der Waals surface area contributed by atoms with Crippen LogP contribution in [-0.4, -0.2) is 17.6 Å². The molecule has 1 unspecified atom stereocenters. The van der Waals surface area contributed by atoms with Gasteiger partial charge in [0.2, 0.25) is 5.91 Å². The van der Waals surface area contributed by atoms with Crippen LogP contribution in [-0.2, 0) is 10.2 Å². The Morgan fingerprint density at radius 3 is 2.75 bits per heavy atom. The summed E-state index contributed by atoms with van der Waals surface area (Å²) in [5, 5.41) is 4.18. The van der Waals surface area contributed by atoms with Crippen LogP contribution < -0.4 is 4.90 Å². The summed E-state index contributed by atoms with van der Waals surface area (Å²) >= 11 is 0. The fourth-order valence-corrected chi connectivity index (χ4v) is 3.70. The van der Waals surface area contributed by atoms with E-state index in [0.29, 0.717) is 5.82 Å². The van der Waals surface area contributed by atoms with Gasteiger partial charge in [0.15, 0.2) is 5.82 Å². The van der Waals surface area contributed by atoms with Crippen LogP contribution in [0.2, 0.25) is 0 Å². The molecule has 0 aromatic carbocycles. The molecule has 0 N–H and O–H groups in total. The van der Waals surface area contributed by atoms with Crippen molar-refractivity contribution in [3.63, 3.8) is 0 Å². The van der Waals surface area contributed by atoms with Crippen LogP contribution in [0, 0.1) is 5.92 Å². The second kappa shape index (κ2) is 5.23. The van der Waals surface area contributed by atoms with Crippen LogP contribution in [0.5, 0.6) is 0 Å². The Morgan fingerprint density at radius 1 is 1.40 bits per heavy atom. The lowest BCUT2D eigenvalue weighted by Crippen LogP contribution is -2.28. The Balaban J connectivity index is 1.84. The fraction of sp³-hybridized carbons (Fsp3) is 0.750. The standard InChI is InChI=1S/C16H24N2O2/c1-3-16(8-5-4-6-9-16)13-11-14(17-20-13)18-10-7-12(2)15(18)19/h11-12H,3-10H2,1-2H3. The van der Waals surface area contributed by atoms with E-state index >= 15 is 0 Å². The van der Waals surface area contributed by atoms with E-state index in [-0.39, 0.29) is 17.2 Å². The molecule has 2 heterocycles. The zero-order valence-corrected chi connectivity index (χ0v) is 12.5. The van der Waals surface area contributed by atoms with E-state index in [2.05, 4.69) is 12.1 Å². The number of hydrogen-bond acceptors (Lipinski definition) is 3. The van der Waals surface area contributed by atoms with Gasteiger partial charge in [-0.3, -0.25) is 9.69 Å². The Kier molecular flexibility index (Phi) is 3.57. The average Bonchev–Trinajstić information content (AvgIpc) is 3.08. The van der Waals surface area contributed by atoms with Gasteiger partial charge >= 0.3 is 0 Å². The number of amides is 1. The molecule has 4 heteroatoms. The summed E-state index contributed by atoms with van der Waals surface area (Å²) in [5.74, 6) is 2.00. The predicted octanol–water partition coefficient (Wildman–Crippen LogP) is 3.66. The van der Waals surface area contributed by atoms with Gasteiger partial charge in [0.05, 0.1) is 0 Å². The molecule has 20 heavy (non-hydrogen) atoms. The molecular weight excluding hydrogens is 252 g/mol. The second-order valence-electron chi connectivity index (χ2n) is 6.42. The molecule has 0 spiro atoms. The summed E-state index contributed by atoms with van der Waals surface area (Å²) in [7, 11) is 0. The molecule has 3 rings (SSSR count). The molecule has 1 aromatic heterocycles. The van der Waals surface area contributed by atoms with Crippen LogP contribution >= 0.6 is 0 Å². The van der Waals surface area contributed by atoms with Crippen molar-refractivity contribution in [3.8, 4) is 0 Å². The lowest BCUT2D eigenvalue weighted by molar-refractivity contribution is -0.119. The highest BCUT2D eigenvalue weighted by atomic mass is 16.5. The van der Waals surface area contributed by atoms with Crippen molar-refractivity contribution >= 4 is 11.7 Å². The molecule has 1 amide bonds. The molecule has 4 nitrogen and oxygen atoms in total. The van der Waals surface area contributed by atoms with Crippen molar-refractivity contribution in [2.45, 2.75) is 64.2 Å². The van der Waals surface area contributed by atoms with Crippen LogP contribution in [0.25, 0.3) is 0 Å². The average molecular weight is 276 g/mol. The highest BCUT2D eigenvalue weighted by Crippen LogP contribution is 2.43. The van der Waals surface area contributed by atoms with E-state index in [1.165, 1.54) is 32.1 Å². The first-order valence-electron chi connectivity index (χ1n) is 7.95. The van der Waals surface area contributed by atoms with E-state index in [9.17, 15) is 4.79 Å². The summed E-state index contributed by atoms with van der Waals surface area (Å²) in [4.78, 5) is 13.9. The highest BCUT2D eigenvalue weighted by Gasteiger charge is 2.38. The number of rotatable bonds is 3. The van der Waals surface area contributed by atoms with E-state index in [1.54, 1.807) is 4.90 Å². The Morgan fingerprint density at radius 2 is 2.15 bits per heavy atom. The zero-order chi connectivity index (χ0) is 14.2. The molecule has 1 aliphatic carbocycles. The van der Waals surface area contributed by atoms with Gasteiger partial charge in [-0.15, -0.1) is 0 Å². The van der Waals surface area contributed by atoms with Gasteiger partial charge in [-0.05, 0) is 25.7 Å². The minimum Gasteiger partial charge on any atom is -0.359 e. The van der Waals surface area contributed by atoms with Crippen molar-refractivity contribution in [2.75, 3.05) is 11.4 Å². The smallest absolute Gasteiger partial charge is 0.231 e. The van der Waals surface area contributed by atoms with Gasteiger partial charge < -0.3 is 4.52 Å². The van der Waals surface area contributed by atoms with E-state index in [4.69, 9.17) is 4.52 Å². The maximum atomic E-state index is 12.1. The van der Waals surface area contributed by atoms with E-state index < -0.39 is 0 Å².